The van der Waals surface area contributed by atoms with Gasteiger partial charge in [0.05, 0.1) is 12.1 Å². The maximum Gasteiger partial charge on any atom is 0.249 e. The van der Waals surface area contributed by atoms with Crippen molar-refractivity contribution >= 4 is 17.7 Å². The van der Waals surface area contributed by atoms with E-state index >= 15 is 0 Å². The number of nitrogens with zero attached hydrogens (tertiary/aromatic N) is 3. The van der Waals surface area contributed by atoms with E-state index in [2.05, 4.69) is 42.8 Å². The first kappa shape index (κ1) is 31.6. The predicted octanol–water partition coefficient (Wildman–Crippen LogP) is 5.00. The van der Waals surface area contributed by atoms with Crippen LogP contribution in [-0.2, 0) is 14.4 Å². The highest BCUT2D eigenvalue weighted by Gasteiger charge is 2.38. The Bertz CT molecular complexity index is 881. The van der Waals surface area contributed by atoms with E-state index in [1.807, 2.05) is 33.9 Å². The molecule has 0 aromatic carbocycles. The van der Waals surface area contributed by atoms with E-state index in [0.29, 0.717) is 12.0 Å². The molecule has 3 rings (SSSR count). The summed E-state index contributed by atoms with van der Waals surface area (Å²) in [5.74, 6) is 0.711. The summed E-state index contributed by atoms with van der Waals surface area (Å²) in [5, 5.41) is 3.14. The SMILES string of the molecule is C/C(=C\[C@H](C(C)C)N(C)C(=O)[C@@H](NC(=O)[C@H]1CCCCN1C(C)C)C(C)C)C(=O)N1CCCC2CCCCC21. The molecule has 0 spiro atoms. The number of hydrogen-bond donors (Lipinski definition) is 1. The van der Waals surface area contributed by atoms with Crippen molar-refractivity contribution in [2.45, 2.75) is 136 Å². The van der Waals surface area contributed by atoms with E-state index < -0.39 is 6.04 Å². The van der Waals surface area contributed by atoms with Crippen molar-refractivity contribution in [1.29, 1.82) is 0 Å². The van der Waals surface area contributed by atoms with Crippen LogP contribution >= 0.6 is 0 Å². The number of fused-ring (bicyclic) bond motifs is 1. The minimum Gasteiger partial charge on any atom is -0.343 e. The molecular formula is C32H56N4O3. The number of likely N-dealkylation sites (N-methyl/N-ethyl adjacent to an activating group) is 1. The van der Waals surface area contributed by atoms with Gasteiger partial charge < -0.3 is 15.1 Å². The summed E-state index contributed by atoms with van der Waals surface area (Å²) in [4.78, 5) is 47.1. The van der Waals surface area contributed by atoms with Crippen molar-refractivity contribution in [2.75, 3.05) is 20.1 Å². The van der Waals surface area contributed by atoms with Gasteiger partial charge in [-0.15, -0.1) is 0 Å². The second-order valence-electron chi connectivity index (χ2n) is 13.4. The van der Waals surface area contributed by atoms with Gasteiger partial charge in [0.25, 0.3) is 0 Å². The fraction of sp³-hybridized carbons (Fsp3) is 0.844. The number of nitrogens with one attached hydrogen (secondary N) is 1. The fourth-order valence-electron chi connectivity index (χ4n) is 7.17. The minimum atomic E-state index is -0.603. The molecule has 2 unspecified atom stereocenters. The van der Waals surface area contributed by atoms with Crippen LogP contribution in [0.15, 0.2) is 11.6 Å². The van der Waals surface area contributed by atoms with Crippen molar-refractivity contribution in [3.8, 4) is 0 Å². The smallest absolute Gasteiger partial charge is 0.249 e. The molecule has 1 aliphatic carbocycles. The van der Waals surface area contributed by atoms with Crippen LogP contribution in [0, 0.1) is 17.8 Å². The summed E-state index contributed by atoms with van der Waals surface area (Å²) in [6.07, 6.45) is 12.1. The number of piperidine rings is 2. The predicted molar refractivity (Wildman–Crippen MR) is 158 cm³/mol. The van der Waals surface area contributed by atoms with Gasteiger partial charge in [0, 0.05) is 31.2 Å². The molecule has 5 atom stereocenters. The second-order valence-corrected chi connectivity index (χ2v) is 13.4. The maximum atomic E-state index is 13.9. The number of carbonyl (C=O) groups excluding carboxylic acids is 3. The molecule has 222 valence electrons. The lowest BCUT2D eigenvalue weighted by Crippen LogP contribution is -2.58. The average molecular weight is 545 g/mol. The van der Waals surface area contributed by atoms with Gasteiger partial charge in [0.2, 0.25) is 17.7 Å². The highest BCUT2D eigenvalue weighted by atomic mass is 16.2. The van der Waals surface area contributed by atoms with Gasteiger partial charge in [-0.2, -0.15) is 0 Å². The third-order valence-corrected chi connectivity index (χ3v) is 9.48. The van der Waals surface area contributed by atoms with Crippen LogP contribution in [0.3, 0.4) is 0 Å². The molecule has 1 saturated carbocycles. The molecule has 2 aliphatic heterocycles. The Hall–Kier alpha value is -1.89. The zero-order valence-electron chi connectivity index (χ0n) is 26.0. The van der Waals surface area contributed by atoms with Crippen LogP contribution in [0.4, 0.5) is 0 Å². The van der Waals surface area contributed by atoms with E-state index in [4.69, 9.17) is 0 Å². The Morgan fingerprint density at radius 1 is 0.846 bits per heavy atom. The van der Waals surface area contributed by atoms with E-state index in [9.17, 15) is 14.4 Å². The zero-order valence-corrected chi connectivity index (χ0v) is 26.0. The molecule has 0 aromatic heterocycles. The first-order valence-electron chi connectivity index (χ1n) is 15.8. The van der Waals surface area contributed by atoms with E-state index in [1.165, 1.54) is 25.7 Å². The molecule has 2 heterocycles. The molecule has 3 amide bonds. The topological polar surface area (TPSA) is 73.0 Å². The summed E-state index contributed by atoms with van der Waals surface area (Å²) in [6.45, 7) is 16.1. The van der Waals surface area contributed by atoms with Crippen molar-refractivity contribution < 1.29 is 14.4 Å². The summed E-state index contributed by atoms with van der Waals surface area (Å²) in [6, 6.07) is -0.364. The largest absolute Gasteiger partial charge is 0.343 e. The van der Waals surface area contributed by atoms with Gasteiger partial charge in [-0.3, -0.25) is 19.3 Å². The second kappa shape index (κ2) is 14.1. The van der Waals surface area contributed by atoms with E-state index in [-0.39, 0.29) is 47.7 Å². The Labute approximate surface area is 238 Å². The molecule has 1 N–H and O–H groups in total. The molecule has 0 bridgehead atoms. The fourth-order valence-corrected chi connectivity index (χ4v) is 7.17. The van der Waals surface area contributed by atoms with Crippen LogP contribution in [0.2, 0.25) is 0 Å². The molecule has 39 heavy (non-hydrogen) atoms. The van der Waals surface area contributed by atoms with Gasteiger partial charge >= 0.3 is 0 Å². The Morgan fingerprint density at radius 2 is 1.49 bits per heavy atom. The lowest BCUT2D eigenvalue weighted by atomic mass is 9.78. The Kier molecular flexibility index (Phi) is 11.5. The lowest BCUT2D eigenvalue weighted by Gasteiger charge is -2.44. The van der Waals surface area contributed by atoms with Gasteiger partial charge in [-0.25, -0.2) is 0 Å². The Balaban J connectivity index is 1.74. The summed E-state index contributed by atoms with van der Waals surface area (Å²) in [7, 11) is 1.82. The van der Waals surface area contributed by atoms with Crippen molar-refractivity contribution in [3.05, 3.63) is 11.6 Å². The number of rotatable bonds is 9. The van der Waals surface area contributed by atoms with Gasteiger partial charge in [0.1, 0.15) is 6.04 Å². The molecule has 7 nitrogen and oxygen atoms in total. The van der Waals surface area contributed by atoms with Crippen molar-refractivity contribution in [2.24, 2.45) is 17.8 Å². The van der Waals surface area contributed by atoms with Gasteiger partial charge in [0.15, 0.2) is 0 Å². The zero-order chi connectivity index (χ0) is 28.9. The van der Waals surface area contributed by atoms with E-state index in [0.717, 1.165) is 50.8 Å². The molecular weight excluding hydrogens is 488 g/mol. The highest BCUT2D eigenvalue weighted by molar-refractivity contribution is 5.94. The molecule has 3 fully saturated rings. The highest BCUT2D eigenvalue weighted by Crippen LogP contribution is 2.36. The van der Waals surface area contributed by atoms with Crippen LogP contribution in [0.5, 0.6) is 0 Å². The number of likely N-dealkylation sites (tertiary alicyclic amines) is 2. The van der Waals surface area contributed by atoms with Crippen LogP contribution in [0.1, 0.15) is 106 Å². The minimum absolute atomic E-state index is 0.0426. The summed E-state index contributed by atoms with van der Waals surface area (Å²) in [5.41, 5.74) is 0.722. The quantitative estimate of drug-likeness (QED) is 0.415. The lowest BCUT2D eigenvalue weighted by molar-refractivity contribution is -0.140. The number of hydrogen-bond acceptors (Lipinski definition) is 4. The van der Waals surface area contributed by atoms with Gasteiger partial charge in [-0.1, -0.05) is 53.0 Å². The van der Waals surface area contributed by atoms with Crippen LogP contribution in [0.25, 0.3) is 0 Å². The number of amides is 3. The monoisotopic (exact) mass is 544 g/mol. The average Bonchev–Trinajstić information content (AvgIpc) is 2.92. The first-order chi connectivity index (χ1) is 18.4. The van der Waals surface area contributed by atoms with Crippen molar-refractivity contribution in [3.63, 3.8) is 0 Å². The van der Waals surface area contributed by atoms with Crippen molar-refractivity contribution in [1.82, 2.24) is 20.0 Å². The van der Waals surface area contributed by atoms with Crippen LogP contribution < -0.4 is 5.32 Å². The van der Waals surface area contributed by atoms with E-state index in [1.54, 1.807) is 4.90 Å². The molecule has 0 aromatic rings. The maximum absolute atomic E-state index is 13.9. The third-order valence-electron chi connectivity index (χ3n) is 9.48. The molecule has 0 radical (unpaired) electrons. The first-order valence-corrected chi connectivity index (χ1v) is 15.8. The summed E-state index contributed by atoms with van der Waals surface area (Å²) < 4.78 is 0. The normalized spacial score (nSPS) is 26.4. The summed E-state index contributed by atoms with van der Waals surface area (Å²) >= 11 is 0. The standard InChI is InChI=1S/C32H56N4O3/c1-21(2)28(20-24(7)31(38)36-19-13-15-25-14-9-10-16-26(25)36)34(8)32(39)29(22(3)4)33-30(37)27-17-11-12-18-35(27)23(5)6/h20-23,25-29H,9-19H2,1-8H3,(H,33,37)/b24-20+/t25?,26?,27-,28-,29+/m1/s1. The van der Waals surface area contributed by atoms with Crippen LogP contribution in [-0.4, -0.2) is 82.8 Å². The number of carbonyl (C=O) groups is 3. The Morgan fingerprint density at radius 3 is 2.13 bits per heavy atom. The van der Waals surface area contributed by atoms with Gasteiger partial charge in [-0.05, 0) is 83.6 Å². The third kappa shape index (κ3) is 7.65. The molecule has 2 saturated heterocycles. The molecule has 7 heteroatoms. The molecule has 3 aliphatic rings.